The van der Waals surface area contributed by atoms with Crippen LogP contribution in [0.25, 0.3) is 0 Å². The number of carbonyl (C=O) groups is 1. The van der Waals surface area contributed by atoms with Crippen molar-refractivity contribution < 1.29 is 4.79 Å². The molecule has 0 radical (unpaired) electrons. The molecule has 0 aromatic carbocycles. The van der Waals surface area contributed by atoms with Gasteiger partial charge in [-0.1, -0.05) is 0 Å². The Morgan fingerprint density at radius 3 is 2.82 bits per heavy atom. The van der Waals surface area contributed by atoms with E-state index in [1.54, 1.807) is 13.1 Å². The van der Waals surface area contributed by atoms with Crippen LogP contribution in [0.4, 0.5) is 0 Å². The molecule has 1 amide bonds. The highest BCUT2D eigenvalue weighted by Gasteiger charge is 2.08. The zero-order valence-corrected chi connectivity index (χ0v) is 6.53. The van der Waals surface area contributed by atoms with E-state index >= 15 is 0 Å². The van der Waals surface area contributed by atoms with Gasteiger partial charge in [0.1, 0.15) is 5.69 Å². The molecule has 0 atom stereocenters. The molecule has 0 unspecified atom stereocenters. The van der Waals surface area contributed by atoms with Crippen molar-refractivity contribution in [3.05, 3.63) is 17.5 Å². The predicted molar refractivity (Wildman–Crippen MR) is 41.8 cm³/mol. The third kappa shape index (κ3) is 1.34. The number of aryl methyl sites for hydroxylation is 2. The van der Waals surface area contributed by atoms with Crippen molar-refractivity contribution in [3.8, 4) is 0 Å². The van der Waals surface area contributed by atoms with Gasteiger partial charge in [0.05, 0.1) is 5.69 Å². The van der Waals surface area contributed by atoms with Crippen molar-refractivity contribution in [3.63, 3.8) is 0 Å². The maximum atomic E-state index is 11.0. The fourth-order valence-corrected chi connectivity index (χ4v) is 0.892. The summed E-state index contributed by atoms with van der Waals surface area (Å²) in [6.07, 6.45) is 0. The van der Waals surface area contributed by atoms with E-state index in [0.29, 0.717) is 5.69 Å². The van der Waals surface area contributed by atoms with E-state index in [1.165, 1.54) is 4.68 Å². The highest BCUT2D eigenvalue weighted by Crippen LogP contribution is 2.02. The van der Waals surface area contributed by atoms with E-state index < -0.39 is 0 Å². The van der Waals surface area contributed by atoms with Gasteiger partial charge in [-0.05, 0) is 19.7 Å². The van der Waals surface area contributed by atoms with Gasteiger partial charge in [0.2, 0.25) is 0 Å². The molecular formula is C7H9N3O. The smallest absolute Gasteiger partial charge is 0.265 e. The van der Waals surface area contributed by atoms with Crippen LogP contribution in [0.15, 0.2) is 11.1 Å². The molecule has 0 aliphatic rings. The van der Waals surface area contributed by atoms with Crippen LogP contribution in [0.5, 0.6) is 0 Å². The van der Waals surface area contributed by atoms with Crippen LogP contribution in [0.1, 0.15) is 16.2 Å². The average Bonchev–Trinajstić information content (AvgIpc) is 2.28. The SMILES string of the molecule is C=NC(=O)c1cc(C)nn1C. The van der Waals surface area contributed by atoms with Crippen LogP contribution < -0.4 is 0 Å². The van der Waals surface area contributed by atoms with Crippen molar-refractivity contribution >= 4 is 12.6 Å². The molecule has 0 spiro atoms. The second-order valence-corrected chi connectivity index (χ2v) is 2.26. The molecule has 1 aromatic heterocycles. The Bertz CT molecular complexity index is 301. The molecule has 58 valence electrons. The Morgan fingerprint density at radius 2 is 2.45 bits per heavy atom. The van der Waals surface area contributed by atoms with Gasteiger partial charge in [0.15, 0.2) is 0 Å². The van der Waals surface area contributed by atoms with Crippen molar-refractivity contribution in [2.24, 2.45) is 12.0 Å². The predicted octanol–water partition coefficient (Wildman–Crippen LogP) is 0.569. The van der Waals surface area contributed by atoms with Crippen molar-refractivity contribution in [1.82, 2.24) is 9.78 Å². The highest BCUT2D eigenvalue weighted by atomic mass is 16.1. The summed E-state index contributed by atoms with van der Waals surface area (Å²) >= 11 is 0. The Hall–Kier alpha value is -1.45. The second kappa shape index (κ2) is 2.65. The Labute approximate surface area is 64.6 Å². The van der Waals surface area contributed by atoms with Crippen molar-refractivity contribution in [2.45, 2.75) is 6.92 Å². The zero-order chi connectivity index (χ0) is 8.43. The first kappa shape index (κ1) is 7.65. The maximum Gasteiger partial charge on any atom is 0.294 e. The van der Waals surface area contributed by atoms with Gasteiger partial charge in [-0.15, -0.1) is 0 Å². The third-order valence-corrected chi connectivity index (χ3v) is 1.36. The molecule has 4 nitrogen and oxygen atoms in total. The number of aliphatic imine (C=N–C) groups is 1. The molecule has 1 rings (SSSR count). The summed E-state index contributed by atoms with van der Waals surface area (Å²) in [5.74, 6) is -0.340. The molecule has 1 heterocycles. The lowest BCUT2D eigenvalue weighted by Crippen LogP contribution is -2.03. The summed E-state index contributed by atoms with van der Waals surface area (Å²) in [5, 5.41) is 3.99. The van der Waals surface area contributed by atoms with Crippen LogP contribution in [-0.2, 0) is 7.05 Å². The van der Waals surface area contributed by atoms with Crippen molar-refractivity contribution in [1.29, 1.82) is 0 Å². The molecule has 4 heteroatoms. The molecule has 0 fully saturated rings. The number of nitrogens with zero attached hydrogens (tertiary/aromatic N) is 3. The van der Waals surface area contributed by atoms with Gasteiger partial charge in [0, 0.05) is 7.05 Å². The molecule has 0 saturated heterocycles. The normalized spacial score (nSPS) is 9.64. The summed E-state index contributed by atoms with van der Waals surface area (Å²) in [7, 11) is 1.70. The topological polar surface area (TPSA) is 47.2 Å². The lowest BCUT2D eigenvalue weighted by atomic mass is 10.3. The molecule has 0 saturated carbocycles. The third-order valence-electron chi connectivity index (χ3n) is 1.36. The minimum Gasteiger partial charge on any atom is -0.265 e. The van der Waals surface area contributed by atoms with Crippen LogP contribution in [0.2, 0.25) is 0 Å². The minimum atomic E-state index is -0.340. The maximum absolute atomic E-state index is 11.0. The van der Waals surface area contributed by atoms with Crippen LogP contribution in [0, 0.1) is 6.92 Å². The number of hydrogen-bond donors (Lipinski definition) is 0. The van der Waals surface area contributed by atoms with Crippen LogP contribution in [0.3, 0.4) is 0 Å². The average molecular weight is 151 g/mol. The van der Waals surface area contributed by atoms with Gasteiger partial charge in [-0.25, -0.2) is 4.99 Å². The molecule has 0 bridgehead atoms. The van der Waals surface area contributed by atoms with Gasteiger partial charge in [0.25, 0.3) is 5.91 Å². The number of aromatic nitrogens is 2. The van der Waals surface area contributed by atoms with E-state index in [1.807, 2.05) is 6.92 Å². The minimum absolute atomic E-state index is 0.340. The molecule has 0 aliphatic heterocycles. The first-order valence-corrected chi connectivity index (χ1v) is 3.17. The van der Waals surface area contributed by atoms with E-state index in [9.17, 15) is 4.79 Å². The lowest BCUT2D eigenvalue weighted by molar-refractivity contribution is 0.0995. The Balaban J connectivity index is 3.12. The van der Waals surface area contributed by atoms with Gasteiger partial charge in [-0.2, -0.15) is 5.10 Å². The van der Waals surface area contributed by atoms with Crippen LogP contribution in [-0.4, -0.2) is 22.4 Å². The molecule has 0 aliphatic carbocycles. The van der Waals surface area contributed by atoms with E-state index in [4.69, 9.17) is 0 Å². The number of rotatable bonds is 1. The summed E-state index contributed by atoms with van der Waals surface area (Å²) in [5.41, 5.74) is 1.28. The monoisotopic (exact) mass is 151 g/mol. The van der Waals surface area contributed by atoms with Gasteiger partial charge < -0.3 is 0 Å². The van der Waals surface area contributed by atoms with Crippen LogP contribution >= 0.6 is 0 Å². The van der Waals surface area contributed by atoms with Gasteiger partial charge >= 0.3 is 0 Å². The quantitative estimate of drug-likeness (QED) is 0.551. The first-order chi connectivity index (χ1) is 5.15. The highest BCUT2D eigenvalue weighted by molar-refractivity contribution is 5.95. The molecule has 1 aromatic rings. The lowest BCUT2D eigenvalue weighted by Gasteiger charge is -1.92. The molecule has 0 N–H and O–H groups in total. The number of carbonyl (C=O) groups excluding carboxylic acids is 1. The Kier molecular flexibility index (Phi) is 1.85. The molecule has 11 heavy (non-hydrogen) atoms. The summed E-state index contributed by atoms with van der Waals surface area (Å²) < 4.78 is 1.49. The summed E-state index contributed by atoms with van der Waals surface area (Å²) in [4.78, 5) is 14.2. The fourth-order valence-electron chi connectivity index (χ4n) is 0.892. The van der Waals surface area contributed by atoms with E-state index in [-0.39, 0.29) is 5.91 Å². The second-order valence-electron chi connectivity index (χ2n) is 2.26. The summed E-state index contributed by atoms with van der Waals surface area (Å²) in [6.45, 7) is 4.97. The standard InChI is InChI=1S/C7H9N3O/c1-5-4-6(7(11)8-2)10(3)9-5/h4H,2H2,1,3H3. The fraction of sp³-hybridized carbons (Fsp3) is 0.286. The van der Waals surface area contributed by atoms with Gasteiger partial charge in [-0.3, -0.25) is 9.48 Å². The first-order valence-electron chi connectivity index (χ1n) is 3.17. The van der Waals surface area contributed by atoms with Crippen molar-refractivity contribution in [2.75, 3.05) is 0 Å². The van der Waals surface area contributed by atoms with E-state index in [0.717, 1.165) is 5.69 Å². The zero-order valence-electron chi connectivity index (χ0n) is 6.53. The largest absolute Gasteiger partial charge is 0.294 e. The summed E-state index contributed by atoms with van der Waals surface area (Å²) in [6, 6.07) is 1.68. The molecular weight excluding hydrogens is 142 g/mol. The van der Waals surface area contributed by atoms with E-state index in [2.05, 4.69) is 16.8 Å². The Morgan fingerprint density at radius 1 is 1.82 bits per heavy atom. The number of hydrogen-bond acceptors (Lipinski definition) is 2. The number of amides is 1.